The molecule has 0 aliphatic carbocycles. The average molecular weight is 487 g/mol. The van der Waals surface area contributed by atoms with E-state index in [4.69, 9.17) is 21.1 Å². The molecule has 0 fully saturated rings. The van der Waals surface area contributed by atoms with Crippen LogP contribution in [0.2, 0.25) is 0 Å². The highest BCUT2D eigenvalue weighted by atomic mass is 35.5. The molecule has 8 heteroatoms. The van der Waals surface area contributed by atoms with Gasteiger partial charge in [-0.1, -0.05) is 18.9 Å². The van der Waals surface area contributed by atoms with Crippen molar-refractivity contribution in [1.82, 2.24) is 10.3 Å². The van der Waals surface area contributed by atoms with E-state index in [9.17, 15) is 10.1 Å². The molecule has 1 aromatic carbocycles. The Hall–Kier alpha value is -2.66. The molecule has 0 unspecified atom stereocenters. The molecule has 2 aromatic rings. The van der Waals surface area contributed by atoms with E-state index in [1.165, 1.54) is 6.08 Å². The second-order valence-electron chi connectivity index (χ2n) is 8.16. The summed E-state index contributed by atoms with van der Waals surface area (Å²) in [5, 5.41) is 13.2. The first-order valence-electron chi connectivity index (χ1n) is 11.7. The normalized spacial score (nSPS) is 11.4. The number of hydrogen-bond donors (Lipinski definition) is 1. The maximum atomic E-state index is 12.4. The quantitative estimate of drug-likeness (QED) is 0.173. The number of alkyl halides is 1. The molecule has 1 heterocycles. The van der Waals surface area contributed by atoms with Crippen LogP contribution in [0, 0.1) is 18.3 Å². The molecular weight excluding hydrogens is 452 g/mol. The zero-order valence-electron chi connectivity index (χ0n) is 20.4. The fourth-order valence-corrected chi connectivity index (χ4v) is 3.71. The molecule has 0 atom stereocenters. The summed E-state index contributed by atoms with van der Waals surface area (Å²) in [6.07, 6.45) is 5.84. The average Bonchev–Trinajstić information content (AvgIpc) is 2.83. The Labute approximate surface area is 207 Å². The number of rotatable bonds is 15. The molecule has 1 aromatic heterocycles. The van der Waals surface area contributed by atoms with Crippen LogP contribution in [-0.4, -0.2) is 63.8 Å². The van der Waals surface area contributed by atoms with E-state index in [-0.39, 0.29) is 5.57 Å². The minimum Gasteiger partial charge on any atom is -0.379 e. The number of aromatic nitrogens is 1. The third kappa shape index (κ3) is 8.94. The van der Waals surface area contributed by atoms with Gasteiger partial charge >= 0.3 is 0 Å². The van der Waals surface area contributed by atoms with Crippen LogP contribution in [0.5, 0.6) is 0 Å². The number of anilines is 1. The van der Waals surface area contributed by atoms with Gasteiger partial charge in [0.1, 0.15) is 11.6 Å². The third-order valence-corrected chi connectivity index (χ3v) is 5.62. The van der Waals surface area contributed by atoms with Crippen LogP contribution in [0.4, 0.5) is 5.69 Å². The van der Waals surface area contributed by atoms with Crippen LogP contribution in [0.15, 0.2) is 29.8 Å². The molecule has 0 saturated heterocycles. The summed E-state index contributed by atoms with van der Waals surface area (Å²) in [6, 6.07) is 9.72. The van der Waals surface area contributed by atoms with Gasteiger partial charge in [-0.25, -0.2) is 4.98 Å². The number of aryl methyl sites for hydroxylation is 1. The number of carbonyl (C=O) groups excluding carboxylic acids is 1. The van der Waals surface area contributed by atoms with Gasteiger partial charge in [-0.3, -0.25) is 4.79 Å². The highest BCUT2D eigenvalue weighted by Gasteiger charge is 2.10. The van der Waals surface area contributed by atoms with Gasteiger partial charge in [0.05, 0.1) is 31.0 Å². The number of unbranched alkanes of at least 4 members (excludes halogenated alkanes) is 3. The van der Waals surface area contributed by atoms with Crippen LogP contribution in [0.25, 0.3) is 17.0 Å². The number of fused-ring (bicyclic) bond motifs is 1. The summed E-state index contributed by atoms with van der Waals surface area (Å²) in [5.74, 6) is 0.273. The molecule has 0 spiro atoms. The summed E-state index contributed by atoms with van der Waals surface area (Å²) >= 11 is 5.65. The number of ether oxygens (including phenoxy) is 2. The Kier molecular flexibility index (Phi) is 12.4. The van der Waals surface area contributed by atoms with Crippen molar-refractivity contribution in [1.29, 1.82) is 5.26 Å². The third-order valence-electron chi connectivity index (χ3n) is 5.35. The molecule has 34 heavy (non-hydrogen) atoms. The summed E-state index contributed by atoms with van der Waals surface area (Å²) in [4.78, 5) is 19.0. The Morgan fingerprint density at radius 3 is 2.53 bits per heavy atom. The monoisotopic (exact) mass is 486 g/mol. The topological polar surface area (TPSA) is 87.5 Å². The van der Waals surface area contributed by atoms with Crippen molar-refractivity contribution in [3.63, 3.8) is 0 Å². The SMILES string of the molecule is Cc1c(N(C)C)ccc2nc(/C=C(\C#N)C(=O)NCCOCCOCCCCCCCl)ccc12. The van der Waals surface area contributed by atoms with Crippen LogP contribution >= 0.6 is 11.6 Å². The molecule has 0 saturated carbocycles. The Balaban J connectivity index is 1.77. The van der Waals surface area contributed by atoms with Gasteiger partial charge in [-0.05, 0) is 49.6 Å². The van der Waals surface area contributed by atoms with E-state index in [0.29, 0.717) is 32.1 Å². The Morgan fingerprint density at radius 2 is 1.82 bits per heavy atom. The molecule has 184 valence electrons. The first-order valence-corrected chi connectivity index (χ1v) is 12.2. The molecule has 0 radical (unpaired) electrons. The number of nitrogens with zero attached hydrogens (tertiary/aromatic N) is 3. The number of benzene rings is 1. The lowest BCUT2D eigenvalue weighted by atomic mass is 10.1. The second kappa shape index (κ2) is 15.3. The molecule has 1 amide bonds. The summed E-state index contributed by atoms with van der Waals surface area (Å²) in [7, 11) is 4.00. The number of nitrogens with one attached hydrogen (secondary N) is 1. The number of nitriles is 1. The molecule has 7 nitrogen and oxygen atoms in total. The van der Waals surface area contributed by atoms with E-state index in [1.807, 2.05) is 44.4 Å². The Morgan fingerprint density at radius 1 is 1.09 bits per heavy atom. The van der Waals surface area contributed by atoms with Crippen molar-refractivity contribution in [2.75, 3.05) is 57.8 Å². The first-order chi connectivity index (χ1) is 16.5. The first kappa shape index (κ1) is 27.6. The molecule has 1 N–H and O–H groups in total. The minimum atomic E-state index is -0.444. The zero-order valence-corrected chi connectivity index (χ0v) is 21.2. The van der Waals surface area contributed by atoms with Gasteiger partial charge in [0, 0.05) is 44.2 Å². The van der Waals surface area contributed by atoms with Gasteiger partial charge < -0.3 is 19.7 Å². The summed E-state index contributed by atoms with van der Waals surface area (Å²) in [6.45, 7) is 4.43. The van der Waals surface area contributed by atoms with E-state index in [0.717, 1.165) is 60.3 Å². The smallest absolute Gasteiger partial charge is 0.262 e. The van der Waals surface area contributed by atoms with E-state index in [1.54, 1.807) is 0 Å². The van der Waals surface area contributed by atoms with Crippen molar-refractivity contribution >= 4 is 40.2 Å². The fraction of sp³-hybridized carbons (Fsp3) is 0.500. The van der Waals surface area contributed by atoms with Gasteiger partial charge in [-0.15, -0.1) is 11.6 Å². The number of carbonyl (C=O) groups is 1. The van der Waals surface area contributed by atoms with Crippen LogP contribution in [-0.2, 0) is 14.3 Å². The van der Waals surface area contributed by atoms with E-state index in [2.05, 4.69) is 22.1 Å². The van der Waals surface area contributed by atoms with E-state index < -0.39 is 5.91 Å². The predicted octanol–water partition coefficient (Wildman–Crippen LogP) is 4.46. The summed E-state index contributed by atoms with van der Waals surface area (Å²) in [5.41, 5.74) is 3.65. The highest BCUT2D eigenvalue weighted by molar-refractivity contribution is 6.17. The van der Waals surface area contributed by atoms with Crippen LogP contribution < -0.4 is 10.2 Å². The van der Waals surface area contributed by atoms with Crippen LogP contribution in [0.3, 0.4) is 0 Å². The number of halogens is 1. The molecular formula is C26H35ClN4O3. The van der Waals surface area contributed by atoms with Crippen molar-refractivity contribution in [2.24, 2.45) is 0 Å². The van der Waals surface area contributed by atoms with Gasteiger partial charge in [0.25, 0.3) is 5.91 Å². The van der Waals surface area contributed by atoms with Crippen molar-refractivity contribution in [2.45, 2.75) is 32.6 Å². The number of amides is 1. The maximum absolute atomic E-state index is 12.4. The van der Waals surface area contributed by atoms with Crippen LogP contribution in [0.1, 0.15) is 36.9 Å². The maximum Gasteiger partial charge on any atom is 0.262 e. The molecule has 0 aliphatic heterocycles. The molecule has 2 rings (SSSR count). The molecule has 0 bridgehead atoms. The highest BCUT2D eigenvalue weighted by Crippen LogP contribution is 2.26. The van der Waals surface area contributed by atoms with Crippen molar-refractivity contribution < 1.29 is 14.3 Å². The van der Waals surface area contributed by atoms with Gasteiger partial charge in [0.2, 0.25) is 0 Å². The molecule has 0 aliphatic rings. The summed E-state index contributed by atoms with van der Waals surface area (Å²) < 4.78 is 11.0. The van der Waals surface area contributed by atoms with Gasteiger partial charge in [-0.2, -0.15) is 5.26 Å². The van der Waals surface area contributed by atoms with Crippen molar-refractivity contribution in [3.8, 4) is 6.07 Å². The van der Waals surface area contributed by atoms with Gasteiger partial charge in [0.15, 0.2) is 0 Å². The lowest BCUT2D eigenvalue weighted by molar-refractivity contribution is -0.117. The zero-order chi connectivity index (χ0) is 24.8. The lowest BCUT2D eigenvalue weighted by Gasteiger charge is -2.17. The Bertz CT molecular complexity index is 1000. The predicted molar refractivity (Wildman–Crippen MR) is 138 cm³/mol. The largest absolute Gasteiger partial charge is 0.379 e. The van der Waals surface area contributed by atoms with E-state index >= 15 is 0 Å². The standard InChI is InChI=1S/C26H35ClN4O3/c1-20-23-9-8-22(30-24(23)10-11-25(20)31(2)3)18-21(19-28)26(32)29-13-15-34-17-16-33-14-7-5-4-6-12-27/h8-11,18H,4-7,12-17H2,1-3H3,(H,29,32)/b21-18+. The number of pyridine rings is 1. The lowest BCUT2D eigenvalue weighted by Crippen LogP contribution is -2.28. The fourth-order valence-electron chi connectivity index (χ4n) is 3.52. The number of hydrogen-bond acceptors (Lipinski definition) is 6. The second-order valence-corrected chi connectivity index (χ2v) is 8.54. The minimum absolute atomic E-state index is 0.00554. The van der Waals surface area contributed by atoms with Crippen molar-refractivity contribution in [3.05, 3.63) is 41.1 Å².